The molecule has 0 aromatic heterocycles. The van der Waals surface area contributed by atoms with Crippen molar-refractivity contribution < 1.29 is 18.9 Å². The van der Waals surface area contributed by atoms with Gasteiger partial charge in [0.1, 0.15) is 0 Å². The van der Waals surface area contributed by atoms with E-state index in [2.05, 4.69) is 0 Å². The van der Waals surface area contributed by atoms with Crippen LogP contribution in [-0.2, 0) is 9.13 Å². The lowest BCUT2D eigenvalue weighted by molar-refractivity contribution is 0.523. The van der Waals surface area contributed by atoms with Crippen molar-refractivity contribution in [2.24, 2.45) is 0 Å². The minimum absolute atomic E-state index is 0.822. The van der Waals surface area contributed by atoms with Crippen molar-refractivity contribution in [2.45, 2.75) is 0 Å². The van der Waals surface area contributed by atoms with Crippen LogP contribution < -0.4 is 11.5 Å². The molecule has 2 rings (SSSR count). The van der Waals surface area contributed by atoms with Gasteiger partial charge in [-0.3, -0.25) is 0 Å². The molecule has 0 spiro atoms. The Balaban J connectivity index is 0. The number of nitrogens with two attached hydrogens (primary N) is 2. The number of rotatable bonds is 0. The van der Waals surface area contributed by atoms with Crippen LogP contribution in [0.2, 0.25) is 0 Å². The molecule has 0 saturated carbocycles. The maximum Gasteiger partial charge on any atom is 0.491 e. The molecule has 20 heavy (non-hydrogen) atoms. The van der Waals surface area contributed by atoms with E-state index in [9.17, 15) is 0 Å². The summed E-state index contributed by atoms with van der Waals surface area (Å²) in [5, 5.41) is 0. The SMILES string of the molecule is Nc1ccccc1.Nc1ccccc1.O=[PH+]O.O=[PH+]O. The van der Waals surface area contributed by atoms with E-state index < -0.39 is 17.4 Å². The predicted molar refractivity (Wildman–Crippen MR) is 84.1 cm³/mol. The van der Waals surface area contributed by atoms with Crippen molar-refractivity contribution in [3.8, 4) is 0 Å². The van der Waals surface area contributed by atoms with Crippen molar-refractivity contribution >= 4 is 28.7 Å². The van der Waals surface area contributed by atoms with E-state index in [1.165, 1.54) is 0 Å². The van der Waals surface area contributed by atoms with E-state index in [0.29, 0.717) is 0 Å². The second-order valence-electron chi connectivity index (χ2n) is 3.00. The Morgan fingerprint density at radius 2 is 0.850 bits per heavy atom. The molecule has 0 bridgehead atoms. The minimum atomic E-state index is -1.17. The van der Waals surface area contributed by atoms with Gasteiger partial charge in [0.05, 0.1) is 0 Å². The summed E-state index contributed by atoms with van der Waals surface area (Å²) in [6, 6.07) is 19.0. The highest BCUT2D eigenvalue weighted by Crippen LogP contribution is 1.96. The highest BCUT2D eigenvalue weighted by molar-refractivity contribution is 7.16. The van der Waals surface area contributed by atoms with Crippen LogP contribution in [0.25, 0.3) is 0 Å². The lowest BCUT2D eigenvalue weighted by Gasteiger charge is -1.83. The van der Waals surface area contributed by atoms with E-state index in [1.807, 2.05) is 60.7 Å². The van der Waals surface area contributed by atoms with Gasteiger partial charge >= 0.3 is 17.4 Å². The molecular weight excluding hydrogens is 298 g/mol. The maximum atomic E-state index is 8.51. The first-order valence-electron chi connectivity index (χ1n) is 5.25. The summed E-state index contributed by atoms with van der Waals surface area (Å²) in [5.74, 6) is 0. The first-order chi connectivity index (χ1) is 9.62. The summed E-state index contributed by atoms with van der Waals surface area (Å²) in [4.78, 5) is 14.1. The predicted octanol–water partition coefficient (Wildman–Crippen LogP) is 2.37. The Morgan fingerprint density at radius 1 is 0.650 bits per heavy atom. The first-order valence-corrected chi connectivity index (χ1v) is 6.97. The molecule has 6 nitrogen and oxygen atoms in total. The fourth-order valence-electron chi connectivity index (χ4n) is 0.906. The zero-order chi connectivity index (χ0) is 15.6. The van der Waals surface area contributed by atoms with Crippen LogP contribution in [0.1, 0.15) is 0 Å². The molecule has 0 amide bonds. The van der Waals surface area contributed by atoms with Gasteiger partial charge in [-0.25, -0.2) is 0 Å². The molecule has 0 heterocycles. The summed E-state index contributed by atoms with van der Waals surface area (Å²) in [5.41, 5.74) is 12.4. The van der Waals surface area contributed by atoms with Gasteiger partial charge < -0.3 is 11.5 Å². The molecule has 2 aromatic rings. The third-order valence-electron chi connectivity index (χ3n) is 1.60. The van der Waals surface area contributed by atoms with Gasteiger partial charge in [-0.05, 0) is 33.4 Å². The molecule has 2 aromatic carbocycles. The lowest BCUT2D eigenvalue weighted by atomic mass is 10.3. The van der Waals surface area contributed by atoms with E-state index in [4.69, 9.17) is 30.4 Å². The van der Waals surface area contributed by atoms with Gasteiger partial charge in [0.25, 0.3) is 0 Å². The highest BCUT2D eigenvalue weighted by Gasteiger charge is 1.72. The van der Waals surface area contributed by atoms with Crippen molar-refractivity contribution in [1.82, 2.24) is 0 Å². The van der Waals surface area contributed by atoms with Crippen LogP contribution >= 0.6 is 17.4 Å². The average molecular weight is 316 g/mol. The molecule has 2 unspecified atom stereocenters. The van der Waals surface area contributed by atoms with Gasteiger partial charge in [-0.15, -0.1) is 0 Å². The zero-order valence-corrected chi connectivity index (χ0v) is 12.6. The largest absolute Gasteiger partial charge is 0.491 e. The van der Waals surface area contributed by atoms with Crippen LogP contribution in [0, 0.1) is 0 Å². The van der Waals surface area contributed by atoms with E-state index in [0.717, 1.165) is 11.4 Å². The van der Waals surface area contributed by atoms with E-state index in [1.54, 1.807) is 0 Å². The van der Waals surface area contributed by atoms with Gasteiger partial charge in [-0.2, -0.15) is 9.79 Å². The standard InChI is InChI=1S/2C6H7N.2HO2P/c2*7-6-4-2-1-3-5-6;2*1-3-2/h2*1-5H,7H2;2*3H/p+2. The molecular formula is C12H18N2O4P2+2. The smallest absolute Gasteiger partial charge is 0.399 e. The maximum absolute atomic E-state index is 8.51. The second kappa shape index (κ2) is 17.2. The van der Waals surface area contributed by atoms with Crippen molar-refractivity contribution in [3.05, 3.63) is 60.7 Å². The summed E-state index contributed by atoms with van der Waals surface area (Å²) >= 11 is 0. The Labute approximate surface area is 120 Å². The molecule has 0 saturated heterocycles. The third kappa shape index (κ3) is 18.5. The summed E-state index contributed by atoms with van der Waals surface area (Å²) in [6.45, 7) is 0. The quantitative estimate of drug-likeness (QED) is 0.436. The third-order valence-corrected chi connectivity index (χ3v) is 1.60. The molecule has 0 aliphatic carbocycles. The Hall–Kier alpha value is -1.84. The fourth-order valence-corrected chi connectivity index (χ4v) is 0.906. The summed E-state index contributed by atoms with van der Waals surface area (Å²) in [6.07, 6.45) is 0. The van der Waals surface area contributed by atoms with E-state index in [-0.39, 0.29) is 0 Å². The van der Waals surface area contributed by atoms with Crippen LogP contribution in [0.3, 0.4) is 0 Å². The molecule has 0 aliphatic rings. The van der Waals surface area contributed by atoms with Crippen molar-refractivity contribution in [3.63, 3.8) is 0 Å². The number of hydrogen-bond acceptors (Lipinski definition) is 4. The molecule has 0 radical (unpaired) electrons. The normalized spacial score (nSPS) is 8.10. The number of para-hydroxylation sites is 2. The number of hydrogen-bond donors (Lipinski definition) is 4. The van der Waals surface area contributed by atoms with E-state index >= 15 is 0 Å². The zero-order valence-electron chi connectivity index (χ0n) is 10.6. The minimum Gasteiger partial charge on any atom is -0.399 e. The molecule has 2 atom stereocenters. The van der Waals surface area contributed by atoms with Gasteiger partial charge in [0.2, 0.25) is 0 Å². The van der Waals surface area contributed by atoms with Crippen LogP contribution in [0.15, 0.2) is 60.7 Å². The first kappa shape index (κ1) is 20.5. The summed E-state index contributed by atoms with van der Waals surface area (Å²) in [7, 11) is -2.33. The van der Waals surface area contributed by atoms with Crippen LogP contribution in [0.5, 0.6) is 0 Å². The fraction of sp³-hybridized carbons (Fsp3) is 0. The van der Waals surface area contributed by atoms with Gasteiger partial charge in [-0.1, -0.05) is 36.4 Å². The summed E-state index contributed by atoms with van der Waals surface area (Å²) < 4.78 is 17.0. The molecule has 6 N–H and O–H groups in total. The Kier molecular flexibility index (Phi) is 17.6. The Morgan fingerprint density at radius 3 is 0.950 bits per heavy atom. The molecule has 8 heteroatoms. The van der Waals surface area contributed by atoms with Gasteiger partial charge in [0.15, 0.2) is 0 Å². The van der Waals surface area contributed by atoms with Crippen LogP contribution in [-0.4, -0.2) is 9.79 Å². The number of anilines is 2. The average Bonchev–Trinajstić information content (AvgIpc) is 2.43. The van der Waals surface area contributed by atoms with Gasteiger partial charge in [0, 0.05) is 11.4 Å². The molecule has 0 fully saturated rings. The number of benzene rings is 2. The van der Waals surface area contributed by atoms with Crippen LogP contribution in [0.4, 0.5) is 11.4 Å². The second-order valence-corrected chi connectivity index (χ2v) is 3.37. The monoisotopic (exact) mass is 316 g/mol. The molecule has 0 aliphatic heterocycles. The number of nitrogen functional groups attached to an aromatic ring is 2. The Bertz CT molecular complexity index is 400. The molecule has 108 valence electrons. The topological polar surface area (TPSA) is 127 Å². The highest BCUT2D eigenvalue weighted by atomic mass is 31.1. The van der Waals surface area contributed by atoms with Crippen molar-refractivity contribution in [1.29, 1.82) is 0 Å². The van der Waals surface area contributed by atoms with Crippen molar-refractivity contribution in [2.75, 3.05) is 11.5 Å². The lowest BCUT2D eigenvalue weighted by Crippen LogP contribution is -1.79.